The molecular formula is C10H11NO4S. The highest BCUT2D eigenvalue weighted by Gasteiger charge is 2.20. The standard InChI is InChI=1S/C10H11NO4S/c1-8-2-3-10(16(12,13)14)9(6-8)11-4-5-15-7-11/h2-6H,7H2,1H3,(H,12,13,14). The second kappa shape index (κ2) is 3.80. The molecule has 5 nitrogen and oxygen atoms in total. The van der Waals surface area contributed by atoms with Crippen LogP contribution in [0.5, 0.6) is 0 Å². The predicted molar refractivity (Wildman–Crippen MR) is 58.6 cm³/mol. The van der Waals surface area contributed by atoms with Gasteiger partial charge in [-0.15, -0.1) is 0 Å². The molecule has 0 amide bonds. The maximum atomic E-state index is 11.2. The van der Waals surface area contributed by atoms with E-state index in [1.54, 1.807) is 23.2 Å². The van der Waals surface area contributed by atoms with E-state index in [2.05, 4.69) is 0 Å². The van der Waals surface area contributed by atoms with E-state index >= 15 is 0 Å². The molecule has 0 aromatic heterocycles. The largest absolute Gasteiger partial charge is 0.479 e. The molecule has 1 aliphatic rings. The van der Waals surface area contributed by atoms with E-state index in [4.69, 9.17) is 9.29 Å². The molecule has 1 N–H and O–H groups in total. The number of rotatable bonds is 2. The van der Waals surface area contributed by atoms with E-state index in [1.165, 1.54) is 12.3 Å². The Morgan fingerprint density at radius 1 is 1.44 bits per heavy atom. The minimum Gasteiger partial charge on any atom is -0.479 e. The highest BCUT2D eigenvalue weighted by Crippen LogP contribution is 2.28. The second-order valence-electron chi connectivity index (χ2n) is 3.50. The summed E-state index contributed by atoms with van der Waals surface area (Å²) in [6.07, 6.45) is 3.08. The molecule has 0 radical (unpaired) electrons. The Labute approximate surface area is 93.7 Å². The minimum atomic E-state index is -4.22. The van der Waals surface area contributed by atoms with Crippen molar-refractivity contribution in [1.29, 1.82) is 0 Å². The fourth-order valence-electron chi connectivity index (χ4n) is 1.50. The zero-order chi connectivity index (χ0) is 11.8. The quantitative estimate of drug-likeness (QED) is 0.795. The third-order valence-electron chi connectivity index (χ3n) is 2.25. The van der Waals surface area contributed by atoms with Gasteiger partial charge in [-0.3, -0.25) is 4.55 Å². The summed E-state index contributed by atoms with van der Waals surface area (Å²) in [6, 6.07) is 4.70. The van der Waals surface area contributed by atoms with Crippen LogP contribution in [0.1, 0.15) is 5.56 Å². The molecule has 16 heavy (non-hydrogen) atoms. The summed E-state index contributed by atoms with van der Waals surface area (Å²) in [7, 11) is -4.22. The molecule has 1 heterocycles. The Bertz CT molecular complexity index is 536. The third kappa shape index (κ3) is 2.02. The lowest BCUT2D eigenvalue weighted by Gasteiger charge is -2.17. The zero-order valence-electron chi connectivity index (χ0n) is 8.62. The second-order valence-corrected chi connectivity index (χ2v) is 4.89. The van der Waals surface area contributed by atoms with Crippen molar-refractivity contribution in [1.82, 2.24) is 0 Å². The highest BCUT2D eigenvalue weighted by atomic mass is 32.2. The van der Waals surface area contributed by atoms with E-state index in [0.717, 1.165) is 5.56 Å². The normalized spacial score (nSPS) is 15.2. The van der Waals surface area contributed by atoms with Crippen LogP contribution >= 0.6 is 0 Å². The van der Waals surface area contributed by atoms with Crippen LogP contribution in [0.2, 0.25) is 0 Å². The number of anilines is 1. The molecule has 0 unspecified atom stereocenters. The molecule has 2 rings (SSSR count). The zero-order valence-corrected chi connectivity index (χ0v) is 9.44. The summed E-state index contributed by atoms with van der Waals surface area (Å²) in [5.74, 6) is 0. The maximum absolute atomic E-state index is 11.2. The molecule has 0 saturated carbocycles. The summed E-state index contributed by atoms with van der Waals surface area (Å²) >= 11 is 0. The number of hydrogen-bond donors (Lipinski definition) is 1. The summed E-state index contributed by atoms with van der Waals surface area (Å²) in [6.45, 7) is 2.09. The van der Waals surface area contributed by atoms with E-state index in [-0.39, 0.29) is 11.6 Å². The molecule has 0 aliphatic carbocycles. The Balaban J connectivity index is 2.57. The molecular weight excluding hydrogens is 230 g/mol. The van der Waals surface area contributed by atoms with E-state index in [1.807, 2.05) is 6.92 Å². The third-order valence-corrected chi connectivity index (χ3v) is 3.15. The van der Waals surface area contributed by atoms with Crippen molar-refractivity contribution in [2.24, 2.45) is 0 Å². The molecule has 0 spiro atoms. The van der Waals surface area contributed by atoms with Crippen LogP contribution < -0.4 is 4.90 Å². The minimum absolute atomic E-state index is 0.117. The Morgan fingerprint density at radius 3 is 2.75 bits per heavy atom. The van der Waals surface area contributed by atoms with Crippen molar-refractivity contribution < 1.29 is 17.7 Å². The van der Waals surface area contributed by atoms with Gasteiger partial charge in [0, 0.05) is 6.20 Å². The SMILES string of the molecule is Cc1ccc(S(=O)(=O)O)c(N2C=COC2)c1. The number of hydrogen-bond acceptors (Lipinski definition) is 4. The molecule has 0 atom stereocenters. The van der Waals surface area contributed by atoms with Gasteiger partial charge in [-0.2, -0.15) is 8.42 Å². The number of ether oxygens (including phenoxy) is 1. The van der Waals surface area contributed by atoms with Gasteiger partial charge < -0.3 is 9.64 Å². The summed E-state index contributed by atoms with van der Waals surface area (Å²) in [4.78, 5) is 1.49. The first-order valence-corrected chi connectivity index (χ1v) is 6.05. The van der Waals surface area contributed by atoms with Gasteiger partial charge in [-0.1, -0.05) is 6.07 Å². The summed E-state index contributed by atoms with van der Waals surface area (Å²) in [5, 5.41) is 0. The van der Waals surface area contributed by atoms with Gasteiger partial charge in [0.1, 0.15) is 11.2 Å². The highest BCUT2D eigenvalue weighted by molar-refractivity contribution is 7.86. The lowest BCUT2D eigenvalue weighted by molar-refractivity contribution is 0.282. The molecule has 86 valence electrons. The monoisotopic (exact) mass is 241 g/mol. The number of benzene rings is 1. The molecule has 1 aromatic rings. The topological polar surface area (TPSA) is 66.8 Å². The Hall–Kier alpha value is -1.53. The number of nitrogens with zero attached hydrogens (tertiary/aromatic N) is 1. The van der Waals surface area contributed by atoms with Gasteiger partial charge in [0.25, 0.3) is 10.1 Å². The predicted octanol–water partition coefficient (Wildman–Crippen LogP) is 1.51. The first kappa shape index (κ1) is 11.0. The van der Waals surface area contributed by atoms with Crippen LogP contribution in [0, 0.1) is 6.92 Å². The van der Waals surface area contributed by atoms with E-state index < -0.39 is 10.1 Å². The van der Waals surface area contributed by atoms with E-state index in [9.17, 15) is 8.42 Å². The van der Waals surface area contributed by atoms with Gasteiger partial charge in [-0.05, 0) is 24.6 Å². The van der Waals surface area contributed by atoms with Crippen LogP contribution in [-0.2, 0) is 14.9 Å². The van der Waals surface area contributed by atoms with Crippen molar-refractivity contribution in [3.8, 4) is 0 Å². The smallest absolute Gasteiger partial charge is 0.296 e. The number of aryl methyl sites for hydroxylation is 1. The Morgan fingerprint density at radius 2 is 2.19 bits per heavy atom. The van der Waals surface area contributed by atoms with Gasteiger partial charge in [-0.25, -0.2) is 0 Å². The average molecular weight is 241 g/mol. The van der Waals surface area contributed by atoms with Crippen molar-refractivity contribution in [2.45, 2.75) is 11.8 Å². The van der Waals surface area contributed by atoms with Gasteiger partial charge in [0.2, 0.25) is 0 Å². The Kier molecular flexibility index (Phi) is 2.61. The van der Waals surface area contributed by atoms with Crippen LogP contribution in [-0.4, -0.2) is 19.7 Å². The molecule has 0 fully saturated rings. The molecule has 0 bridgehead atoms. The first-order valence-electron chi connectivity index (χ1n) is 4.61. The van der Waals surface area contributed by atoms with Crippen molar-refractivity contribution in [2.75, 3.05) is 11.6 Å². The lowest BCUT2D eigenvalue weighted by atomic mass is 10.2. The molecule has 1 aromatic carbocycles. The fourth-order valence-corrected chi connectivity index (χ4v) is 2.18. The summed E-state index contributed by atoms with van der Waals surface area (Å²) in [5.41, 5.74) is 1.32. The van der Waals surface area contributed by atoms with Gasteiger partial charge in [0.15, 0.2) is 6.73 Å². The molecule has 1 aliphatic heterocycles. The lowest BCUT2D eigenvalue weighted by Crippen LogP contribution is -2.16. The summed E-state index contributed by atoms with van der Waals surface area (Å²) < 4.78 is 36.5. The van der Waals surface area contributed by atoms with Crippen molar-refractivity contribution in [3.05, 3.63) is 36.2 Å². The fraction of sp³-hybridized carbons (Fsp3) is 0.200. The first-order chi connectivity index (χ1) is 7.48. The van der Waals surface area contributed by atoms with Crippen molar-refractivity contribution in [3.63, 3.8) is 0 Å². The average Bonchev–Trinajstić information content (AvgIpc) is 2.68. The maximum Gasteiger partial charge on any atom is 0.296 e. The van der Waals surface area contributed by atoms with Crippen LogP contribution in [0.4, 0.5) is 5.69 Å². The molecule has 6 heteroatoms. The van der Waals surface area contributed by atoms with Crippen LogP contribution in [0.25, 0.3) is 0 Å². The van der Waals surface area contributed by atoms with Crippen LogP contribution in [0.15, 0.2) is 35.6 Å². The van der Waals surface area contributed by atoms with Crippen molar-refractivity contribution >= 4 is 15.8 Å². The van der Waals surface area contributed by atoms with Crippen LogP contribution in [0.3, 0.4) is 0 Å². The molecule has 0 saturated heterocycles. The van der Waals surface area contributed by atoms with Gasteiger partial charge >= 0.3 is 0 Å². The van der Waals surface area contributed by atoms with E-state index in [0.29, 0.717) is 5.69 Å². The van der Waals surface area contributed by atoms with Gasteiger partial charge in [0.05, 0.1) is 5.69 Å².